The van der Waals surface area contributed by atoms with Crippen LogP contribution in [0.4, 0.5) is 5.69 Å². The Hall–Kier alpha value is -1.61. The van der Waals surface area contributed by atoms with E-state index in [9.17, 15) is 16.8 Å². The standard InChI is InChI=1S/C14H13ClN2O4S2/c15-11-6-7-13-12(8-11)14(10-4-2-1-3-5-10)17-23(20,21)9-22(18,19)16-13/h1-8,14,16-17H,9H2. The van der Waals surface area contributed by atoms with Gasteiger partial charge in [-0.2, -0.15) is 0 Å². The third-order valence-electron chi connectivity index (χ3n) is 3.33. The van der Waals surface area contributed by atoms with Crippen LogP contribution in [-0.4, -0.2) is 21.9 Å². The number of benzene rings is 2. The van der Waals surface area contributed by atoms with Gasteiger partial charge in [0.25, 0.3) is 0 Å². The average Bonchev–Trinajstić information content (AvgIpc) is 2.45. The van der Waals surface area contributed by atoms with Crippen molar-refractivity contribution in [3.8, 4) is 0 Å². The number of nitrogens with one attached hydrogen (secondary N) is 2. The molecule has 122 valence electrons. The van der Waals surface area contributed by atoms with Gasteiger partial charge in [0.05, 0.1) is 11.7 Å². The molecule has 2 aromatic carbocycles. The highest BCUT2D eigenvalue weighted by Gasteiger charge is 2.32. The van der Waals surface area contributed by atoms with Gasteiger partial charge in [0, 0.05) is 10.6 Å². The number of halogens is 1. The number of fused-ring (bicyclic) bond motifs is 1. The predicted octanol–water partition coefficient (Wildman–Crippen LogP) is 2.06. The predicted molar refractivity (Wildman–Crippen MR) is 89.2 cm³/mol. The van der Waals surface area contributed by atoms with Crippen LogP contribution in [0.25, 0.3) is 0 Å². The summed E-state index contributed by atoms with van der Waals surface area (Å²) in [7, 11) is -8.07. The van der Waals surface area contributed by atoms with E-state index in [4.69, 9.17) is 11.6 Å². The first-order valence-electron chi connectivity index (χ1n) is 6.61. The van der Waals surface area contributed by atoms with Crippen LogP contribution in [0.3, 0.4) is 0 Å². The molecule has 1 atom stereocenters. The molecule has 1 aliphatic heterocycles. The van der Waals surface area contributed by atoms with Crippen LogP contribution in [0.15, 0.2) is 48.5 Å². The molecule has 0 bridgehead atoms. The summed E-state index contributed by atoms with van der Waals surface area (Å²) in [6, 6.07) is 12.7. The van der Waals surface area contributed by atoms with Gasteiger partial charge in [0.2, 0.25) is 20.0 Å². The summed E-state index contributed by atoms with van der Waals surface area (Å²) in [5, 5.41) is -0.658. The zero-order valence-electron chi connectivity index (χ0n) is 11.7. The van der Waals surface area contributed by atoms with Crippen LogP contribution >= 0.6 is 11.6 Å². The van der Waals surface area contributed by atoms with Gasteiger partial charge >= 0.3 is 0 Å². The Kier molecular flexibility index (Phi) is 4.09. The molecule has 0 radical (unpaired) electrons. The molecule has 3 rings (SSSR count). The Morgan fingerprint density at radius 2 is 1.65 bits per heavy atom. The van der Waals surface area contributed by atoms with Gasteiger partial charge in [0.1, 0.15) is 0 Å². The normalized spacial score (nSPS) is 22.2. The molecule has 9 heteroatoms. The highest BCUT2D eigenvalue weighted by Crippen LogP contribution is 2.33. The molecule has 0 fully saturated rings. The summed E-state index contributed by atoms with van der Waals surface area (Å²) in [6.07, 6.45) is 0. The summed E-state index contributed by atoms with van der Waals surface area (Å²) < 4.78 is 53.0. The van der Waals surface area contributed by atoms with Crippen LogP contribution in [0.2, 0.25) is 5.02 Å². The van der Waals surface area contributed by atoms with Crippen molar-refractivity contribution in [2.24, 2.45) is 0 Å². The van der Waals surface area contributed by atoms with E-state index in [1.807, 2.05) is 6.07 Å². The lowest BCUT2D eigenvalue weighted by atomic mass is 9.98. The summed E-state index contributed by atoms with van der Waals surface area (Å²) >= 11 is 6.01. The van der Waals surface area contributed by atoms with E-state index in [0.29, 0.717) is 21.8 Å². The monoisotopic (exact) mass is 372 g/mol. The summed E-state index contributed by atoms with van der Waals surface area (Å²) in [4.78, 5) is 0. The van der Waals surface area contributed by atoms with Crippen molar-refractivity contribution in [2.45, 2.75) is 6.04 Å². The van der Waals surface area contributed by atoms with E-state index < -0.39 is 31.2 Å². The SMILES string of the molecule is O=S1(=O)CS(=O)(=O)NC(c2ccccc2)c2cc(Cl)ccc2N1. The van der Waals surface area contributed by atoms with Gasteiger partial charge in [-0.15, -0.1) is 0 Å². The molecule has 2 aromatic rings. The van der Waals surface area contributed by atoms with E-state index >= 15 is 0 Å². The van der Waals surface area contributed by atoms with Crippen molar-refractivity contribution in [1.29, 1.82) is 0 Å². The molecular weight excluding hydrogens is 360 g/mol. The van der Waals surface area contributed by atoms with Gasteiger partial charge in [-0.25, -0.2) is 21.6 Å². The highest BCUT2D eigenvalue weighted by atomic mass is 35.5. The first-order valence-corrected chi connectivity index (χ1v) is 10.3. The Morgan fingerprint density at radius 3 is 2.35 bits per heavy atom. The number of anilines is 1. The zero-order chi connectivity index (χ0) is 16.7. The minimum absolute atomic E-state index is 0.297. The number of hydrogen-bond donors (Lipinski definition) is 2. The lowest BCUT2D eigenvalue weighted by Gasteiger charge is -2.25. The molecule has 0 amide bonds. The quantitative estimate of drug-likeness (QED) is 0.801. The molecule has 1 aliphatic rings. The first kappa shape index (κ1) is 16.3. The van der Waals surface area contributed by atoms with Gasteiger partial charge in [0.15, 0.2) is 5.08 Å². The van der Waals surface area contributed by atoms with Crippen molar-refractivity contribution in [2.75, 3.05) is 9.81 Å². The van der Waals surface area contributed by atoms with Gasteiger partial charge in [-0.1, -0.05) is 41.9 Å². The maximum atomic E-state index is 12.2. The molecule has 6 nitrogen and oxygen atoms in total. The zero-order valence-corrected chi connectivity index (χ0v) is 14.1. The fraction of sp³-hybridized carbons (Fsp3) is 0.143. The molecule has 0 spiro atoms. The third kappa shape index (κ3) is 3.66. The molecule has 1 unspecified atom stereocenters. The molecule has 0 aromatic heterocycles. The Balaban J connectivity index is 2.24. The number of hydrogen-bond acceptors (Lipinski definition) is 4. The van der Waals surface area contributed by atoms with Crippen molar-refractivity contribution in [3.63, 3.8) is 0 Å². The van der Waals surface area contributed by atoms with Crippen LogP contribution < -0.4 is 9.44 Å². The molecule has 2 N–H and O–H groups in total. The van der Waals surface area contributed by atoms with Crippen LogP contribution in [0.1, 0.15) is 17.2 Å². The van der Waals surface area contributed by atoms with Crippen LogP contribution in [-0.2, 0) is 20.0 Å². The third-order valence-corrected chi connectivity index (χ3v) is 7.17. The van der Waals surface area contributed by atoms with Crippen molar-refractivity contribution in [3.05, 3.63) is 64.7 Å². The second kappa shape index (κ2) is 5.79. The first-order chi connectivity index (χ1) is 10.8. The lowest BCUT2D eigenvalue weighted by Crippen LogP contribution is -2.38. The molecular formula is C14H13ClN2O4S2. The van der Waals surface area contributed by atoms with E-state index in [0.717, 1.165) is 0 Å². The summed E-state index contributed by atoms with van der Waals surface area (Å²) in [5.41, 5.74) is 1.42. The summed E-state index contributed by atoms with van der Waals surface area (Å²) in [6.45, 7) is 0. The van der Waals surface area contributed by atoms with Gasteiger partial charge < -0.3 is 0 Å². The highest BCUT2D eigenvalue weighted by molar-refractivity contribution is 8.07. The smallest absolute Gasteiger partial charge is 0.248 e. The molecule has 1 heterocycles. The Morgan fingerprint density at radius 1 is 0.957 bits per heavy atom. The fourth-order valence-corrected chi connectivity index (χ4v) is 5.90. The minimum Gasteiger partial charge on any atom is -0.282 e. The van der Waals surface area contributed by atoms with Gasteiger partial charge in [-0.3, -0.25) is 4.72 Å². The van der Waals surface area contributed by atoms with Gasteiger partial charge in [-0.05, 0) is 23.8 Å². The molecule has 0 saturated heterocycles. The van der Waals surface area contributed by atoms with Crippen molar-refractivity contribution >= 4 is 37.3 Å². The molecule has 23 heavy (non-hydrogen) atoms. The van der Waals surface area contributed by atoms with E-state index in [1.165, 1.54) is 6.07 Å². The van der Waals surface area contributed by atoms with Crippen LogP contribution in [0, 0.1) is 0 Å². The van der Waals surface area contributed by atoms with E-state index in [-0.39, 0.29) is 0 Å². The topological polar surface area (TPSA) is 92.3 Å². The maximum absolute atomic E-state index is 12.2. The summed E-state index contributed by atoms with van der Waals surface area (Å²) in [5.74, 6) is 0. The van der Waals surface area contributed by atoms with E-state index in [2.05, 4.69) is 9.44 Å². The Labute approximate surface area is 139 Å². The van der Waals surface area contributed by atoms with Crippen molar-refractivity contribution < 1.29 is 16.8 Å². The second-order valence-corrected chi connectivity index (χ2v) is 9.42. The molecule has 0 saturated carbocycles. The lowest BCUT2D eigenvalue weighted by molar-refractivity contribution is 0.571. The largest absolute Gasteiger partial charge is 0.282 e. The average molecular weight is 373 g/mol. The van der Waals surface area contributed by atoms with Crippen LogP contribution in [0.5, 0.6) is 0 Å². The maximum Gasteiger partial charge on any atom is 0.248 e. The minimum atomic E-state index is -4.05. The number of rotatable bonds is 1. The fourth-order valence-electron chi connectivity index (χ4n) is 2.44. The number of sulfonamides is 2. The molecule has 0 aliphatic carbocycles. The van der Waals surface area contributed by atoms with E-state index in [1.54, 1.807) is 36.4 Å². The second-order valence-electron chi connectivity index (χ2n) is 5.14. The Bertz CT molecular complexity index is 944. The van der Waals surface area contributed by atoms with Crippen molar-refractivity contribution in [1.82, 2.24) is 4.72 Å².